The normalized spacial score (nSPS) is 22.7. The molecular formula is C21H30N6O. The van der Waals surface area contributed by atoms with Gasteiger partial charge in [0.05, 0.1) is 12.9 Å². The van der Waals surface area contributed by atoms with Gasteiger partial charge in [-0.05, 0) is 38.5 Å². The number of imidazole rings is 1. The van der Waals surface area contributed by atoms with Gasteiger partial charge in [-0.15, -0.1) is 10.2 Å². The van der Waals surface area contributed by atoms with Gasteiger partial charge in [-0.3, -0.25) is 4.79 Å². The minimum Gasteiger partial charge on any atom is -0.342 e. The molecule has 3 aliphatic rings. The van der Waals surface area contributed by atoms with Crippen LogP contribution in [0.4, 0.5) is 0 Å². The molecular weight excluding hydrogens is 352 g/mol. The third-order valence-corrected chi connectivity index (χ3v) is 6.96. The van der Waals surface area contributed by atoms with Gasteiger partial charge in [0.2, 0.25) is 5.91 Å². The fraction of sp³-hybridized carbons (Fsp3) is 0.714. The maximum Gasteiger partial charge on any atom is 0.228 e. The molecule has 150 valence electrons. The Bertz CT molecular complexity index is 823. The van der Waals surface area contributed by atoms with Crippen molar-refractivity contribution in [3.63, 3.8) is 0 Å². The highest BCUT2D eigenvalue weighted by molar-refractivity contribution is 5.82. The van der Waals surface area contributed by atoms with Crippen LogP contribution < -0.4 is 0 Å². The average molecular weight is 383 g/mol. The molecule has 2 saturated carbocycles. The van der Waals surface area contributed by atoms with E-state index in [1.54, 1.807) is 6.20 Å². The Morgan fingerprint density at radius 2 is 1.89 bits per heavy atom. The van der Waals surface area contributed by atoms with Crippen LogP contribution in [0.25, 0.3) is 0 Å². The highest BCUT2D eigenvalue weighted by atomic mass is 16.2. The van der Waals surface area contributed by atoms with Crippen LogP contribution in [0.15, 0.2) is 18.7 Å². The Morgan fingerprint density at radius 1 is 1.14 bits per heavy atom. The molecule has 0 aromatic carbocycles. The molecule has 3 fully saturated rings. The topological polar surface area (TPSA) is 68.8 Å². The zero-order valence-electron chi connectivity index (χ0n) is 16.8. The summed E-state index contributed by atoms with van der Waals surface area (Å²) in [4.78, 5) is 19.3. The van der Waals surface area contributed by atoms with Crippen molar-refractivity contribution in [2.45, 2.75) is 76.8 Å². The minimum absolute atomic E-state index is 0.112. The molecule has 1 aliphatic heterocycles. The molecule has 0 spiro atoms. The van der Waals surface area contributed by atoms with Crippen molar-refractivity contribution in [2.24, 2.45) is 5.41 Å². The van der Waals surface area contributed by atoms with E-state index >= 15 is 0 Å². The summed E-state index contributed by atoms with van der Waals surface area (Å²) < 4.78 is 4.44. The second-order valence-corrected chi connectivity index (χ2v) is 9.14. The lowest BCUT2D eigenvalue weighted by Crippen LogP contribution is -2.45. The standard InChI is InChI=1S/C21H30N6O/c1-21(8-2-3-9-21)20(28)26-11-6-16(7-12-26)19-24-23-18(27(19)17-4-5-17)14-25-13-10-22-15-25/h10,13,15-17H,2-9,11-12,14H2,1H3. The van der Waals surface area contributed by atoms with E-state index in [2.05, 4.69) is 36.1 Å². The lowest BCUT2D eigenvalue weighted by atomic mass is 9.85. The zero-order chi connectivity index (χ0) is 19.1. The van der Waals surface area contributed by atoms with Crippen LogP contribution in [0, 0.1) is 5.41 Å². The zero-order valence-corrected chi connectivity index (χ0v) is 16.8. The van der Waals surface area contributed by atoms with E-state index in [1.807, 2.05) is 12.5 Å². The van der Waals surface area contributed by atoms with Gasteiger partial charge in [-0.1, -0.05) is 19.8 Å². The van der Waals surface area contributed by atoms with E-state index < -0.39 is 0 Å². The molecule has 3 heterocycles. The Balaban J connectivity index is 1.29. The van der Waals surface area contributed by atoms with E-state index in [9.17, 15) is 4.79 Å². The molecule has 5 rings (SSSR count). The average Bonchev–Trinajstić information content (AvgIpc) is 3.10. The predicted molar refractivity (Wildman–Crippen MR) is 105 cm³/mol. The van der Waals surface area contributed by atoms with Gasteiger partial charge in [-0.2, -0.15) is 0 Å². The van der Waals surface area contributed by atoms with Crippen molar-refractivity contribution < 1.29 is 4.79 Å². The van der Waals surface area contributed by atoms with Gasteiger partial charge < -0.3 is 14.0 Å². The second kappa shape index (κ2) is 7.01. The van der Waals surface area contributed by atoms with Crippen molar-refractivity contribution in [3.8, 4) is 0 Å². The van der Waals surface area contributed by atoms with Gasteiger partial charge in [0.15, 0.2) is 5.82 Å². The van der Waals surface area contributed by atoms with E-state index in [1.165, 1.54) is 25.7 Å². The summed E-state index contributed by atoms with van der Waals surface area (Å²) >= 11 is 0. The lowest BCUT2D eigenvalue weighted by Gasteiger charge is -2.36. The van der Waals surface area contributed by atoms with Crippen LogP contribution >= 0.6 is 0 Å². The molecule has 1 amide bonds. The highest BCUT2D eigenvalue weighted by Crippen LogP contribution is 2.42. The summed E-state index contributed by atoms with van der Waals surface area (Å²) in [6, 6.07) is 0.556. The van der Waals surface area contributed by atoms with Crippen LogP contribution in [0.5, 0.6) is 0 Å². The summed E-state index contributed by atoms with van der Waals surface area (Å²) in [5.41, 5.74) is -0.112. The Hall–Kier alpha value is -2.18. The van der Waals surface area contributed by atoms with Crippen molar-refractivity contribution in [2.75, 3.05) is 13.1 Å². The molecule has 7 nitrogen and oxygen atoms in total. The third-order valence-electron chi connectivity index (χ3n) is 6.96. The van der Waals surface area contributed by atoms with Gasteiger partial charge in [0.1, 0.15) is 5.82 Å². The first-order valence-electron chi connectivity index (χ1n) is 10.8. The van der Waals surface area contributed by atoms with Crippen LogP contribution in [0.1, 0.15) is 81.9 Å². The highest BCUT2D eigenvalue weighted by Gasteiger charge is 2.41. The quantitative estimate of drug-likeness (QED) is 0.797. The second-order valence-electron chi connectivity index (χ2n) is 9.14. The maximum atomic E-state index is 13.0. The Kier molecular flexibility index (Phi) is 4.48. The molecule has 1 saturated heterocycles. The predicted octanol–water partition coefficient (Wildman–Crippen LogP) is 3.14. The van der Waals surface area contributed by atoms with Crippen LogP contribution in [-0.4, -0.2) is 48.2 Å². The van der Waals surface area contributed by atoms with Gasteiger partial charge in [0.25, 0.3) is 0 Å². The van der Waals surface area contributed by atoms with E-state index in [0.29, 0.717) is 17.9 Å². The van der Waals surface area contributed by atoms with Crippen LogP contribution in [-0.2, 0) is 11.3 Å². The number of carbonyl (C=O) groups excluding carboxylic acids is 1. The number of hydrogen-bond acceptors (Lipinski definition) is 4. The number of amides is 1. The van der Waals surface area contributed by atoms with Gasteiger partial charge in [0, 0.05) is 42.9 Å². The van der Waals surface area contributed by atoms with Gasteiger partial charge in [-0.25, -0.2) is 4.98 Å². The van der Waals surface area contributed by atoms with Crippen LogP contribution in [0.3, 0.4) is 0 Å². The molecule has 2 aromatic rings. The molecule has 7 heteroatoms. The SMILES string of the molecule is CC1(C(=O)N2CCC(c3nnc(Cn4ccnc4)n3C3CC3)CC2)CCCC1. The van der Waals surface area contributed by atoms with Crippen molar-refractivity contribution in [1.82, 2.24) is 29.2 Å². The van der Waals surface area contributed by atoms with Crippen molar-refractivity contribution in [1.29, 1.82) is 0 Å². The minimum atomic E-state index is -0.112. The number of carbonyl (C=O) groups is 1. The third kappa shape index (κ3) is 3.25. The Labute approximate surface area is 166 Å². The number of rotatable bonds is 5. The summed E-state index contributed by atoms with van der Waals surface area (Å²) in [6.07, 6.45) is 14.5. The molecule has 0 unspecified atom stereocenters. The molecule has 0 N–H and O–H groups in total. The largest absolute Gasteiger partial charge is 0.342 e. The molecule has 0 atom stereocenters. The van der Waals surface area contributed by atoms with Crippen LogP contribution in [0.2, 0.25) is 0 Å². The number of hydrogen-bond donors (Lipinski definition) is 0. The lowest BCUT2D eigenvalue weighted by molar-refractivity contribution is -0.142. The van der Waals surface area contributed by atoms with Crippen molar-refractivity contribution >= 4 is 5.91 Å². The number of likely N-dealkylation sites (tertiary alicyclic amines) is 1. The summed E-state index contributed by atoms with van der Waals surface area (Å²) in [6.45, 7) is 4.60. The summed E-state index contributed by atoms with van der Waals surface area (Å²) in [7, 11) is 0. The van der Waals surface area contributed by atoms with E-state index in [-0.39, 0.29) is 5.41 Å². The fourth-order valence-electron chi connectivity index (χ4n) is 5.09. The molecule has 2 aliphatic carbocycles. The maximum absolute atomic E-state index is 13.0. The molecule has 0 radical (unpaired) electrons. The number of nitrogens with zero attached hydrogens (tertiary/aromatic N) is 6. The smallest absolute Gasteiger partial charge is 0.228 e. The first kappa shape index (κ1) is 17.9. The molecule has 2 aromatic heterocycles. The van der Waals surface area contributed by atoms with Gasteiger partial charge >= 0.3 is 0 Å². The summed E-state index contributed by atoms with van der Waals surface area (Å²) in [5.74, 6) is 2.96. The Morgan fingerprint density at radius 3 is 2.54 bits per heavy atom. The summed E-state index contributed by atoms with van der Waals surface area (Å²) in [5, 5.41) is 9.16. The van der Waals surface area contributed by atoms with E-state index in [4.69, 9.17) is 0 Å². The first-order chi connectivity index (χ1) is 13.6. The monoisotopic (exact) mass is 382 g/mol. The first-order valence-corrected chi connectivity index (χ1v) is 10.8. The number of piperidine rings is 1. The van der Waals surface area contributed by atoms with E-state index in [0.717, 1.165) is 57.0 Å². The fourth-order valence-corrected chi connectivity index (χ4v) is 5.09. The molecule has 0 bridgehead atoms. The van der Waals surface area contributed by atoms with Crippen molar-refractivity contribution in [3.05, 3.63) is 30.4 Å². The molecule has 28 heavy (non-hydrogen) atoms. The number of aromatic nitrogens is 5.